The van der Waals surface area contributed by atoms with Gasteiger partial charge in [0.1, 0.15) is 0 Å². The zero-order valence-electron chi connectivity index (χ0n) is 18.7. The Morgan fingerprint density at radius 3 is 2.52 bits per heavy atom. The fraction of sp³-hybridized carbons (Fsp3) is 0.240. The van der Waals surface area contributed by atoms with Crippen LogP contribution in [0.3, 0.4) is 0 Å². The van der Waals surface area contributed by atoms with Gasteiger partial charge in [-0.1, -0.05) is 42.5 Å². The van der Waals surface area contributed by atoms with Crippen molar-refractivity contribution in [2.75, 3.05) is 12.0 Å². The first-order valence-corrected chi connectivity index (χ1v) is 11.7. The predicted molar refractivity (Wildman–Crippen MR) is 124 cm³/mol. The number of aliphatic hydroxyl groups excluding tert-OH is 1. The molecule has 8 heteroatoms. The normalized spacial score (nSPS) is 12.3. The van der Waals surface area contributed by atoms with Gasteiger partial charge in [-0.2, -0.15) is 11.8 Å². The Labute approximate surface area is 220 Å². The number of carbonyl (C=O) groups excluding carboxylic acids is 2. The van der Waals surface area contributed by atoms with Gasteiger partial charge in [-0.15, -0.1) is 0 Å². The van der Waals surface area contributed by atoms with Gasteiger partial charge >= 0.3 is 29.6 Å². The average molecular weight is 473 g/mol. The summed E-state index contributed by atoms with van der Waals surface area (Å²) in [6.45, 7) is 0. The van der Waals surface area contributed by atoms with Gasteiger partial charge in [0.2, 0.25) is 0 Å². The molecular formula is C25H25N2NaO4S. The van der Waals surface area contributed by atoms with E-state index in [9.17, 15) is 19.8 Å². The zero-order valence-corrected chi connectivity index (χ0v) is 21.5. The van der Waals surface area contributed by atoms with Crippen LogP contribution in [-0.4, -0.2) is 40.0 Å². The topological polar surface area (TPSA) is 102 Å². The number of hydrogen-bond acceptors (Lipinski definition) is 6. The molecule has 0 bridgehead atoms. The van der Waals surface area contributed by atoms with Crippen molar-refractivity contribution in [3.63, 3.8) is 0 Å². The van der Waals surface area contributed by atoms with Crippen molar-refractivity contribution >= 4 is 23.6 Å². The van der Waals surface area contributed by atoms with Crippen molar-refractivity contribution in [3.05, 3.63) is 89.7 Å². The van der Waals surface area contributed by atoms with E-state index in [1.54, 1.807) is 30.6 Å². The first-order valence-electron chi connectivity index (χ1n) is 10.3. The van der Waals surface area contributed by atoms with E-state index in [1.165, 1.54) is 11.8 Å². The maximum Gasteiger partial charge on any atom is 1.00 e. The van der Waals surface area contributed by atoms with E-state index in [2.05, 4.69) is 10.3 Å². The number of rotatable bonds is 10. The third-order valence-electron chi connectivity index (χ3n) is 5.11. The molecular weight excluding hydrogens is 447 g/mol. The summed E-state index contributed by atoms with van der Waals surface area (Å²) in [7, 11) is 0. The molecule has 166 valence electrons. The zero-order chi connectivity index (χ0) is 22.9. The molecule has 0 radical (unpaired) electrons. The van der Waals surface area contributed by atoms with E-state index in [4.69, 9.17) is 0 Å². The molecule has 1 aromatic heterocycles. The largest absolute Gasteiger partial charge is 1.00 e. The third kappa shape index (κ3) is 7.69. The minimum atomic E-state index is -1.31. The van der Waals surface area contributed by atoms with Crippen LogP contribution in [0.1, 0.15) is 34.0 Å². The summed E-state index contributed by atoms with van der Waals surface area (Å²) in [6, 6.07) is 17.1. The van der Waals surface area contributed by atoms with E-state index < -0.39 is 24.0 Å². The number of nitrogens with zero attached hydrogens (tertiary/aromatic N) is 1. The number of aromatic nitrogens is 1. The predicted octanol–water partition coefficient (Wildman–Crippen LogP) is -0.370. The van der Waals surface area contributed by atoms with Crippen LogP contribution in [0, 0.1) is 0 Å². The van der Waals surface area contributed by atoms with Gasteiger partial charge in [-0.3, -0.25) is 9.78 Å². The fourth-order valence-corrected chi connectivity index (χ4v) is 3.88. The number of hydrogen-bond donors (Lipinski definition) is 2. The molecule has 0 aliphatic heterocycles. The number of thioether (sulfide) groups is 1. The molecule has 2 atom stereocenters. The fourth-order valence-electron chi connectivity index (χ4n) is 3.40. The van der Waals surface area contributed by atoms with E-state index >= 15 is 0 Å². The standard InChI is InChI=1S/C25H26N2O4S.Na/c1-32-13-11-22(25(30)31)27-24(29)20-10-9-19(15-21(20)18-7-3-2-4-8-18)23(28)14-17-6-5-12-26-16-17;/h2-10,12,15-16,22-23,28H,11,13-14H2,1H3,(H,27,29)(H,30,31);/q;+1/p-1. The van der Waals surface area contributed by atoms with E-state index in [1.807, 2.05) is 48.7 Å². The molecule has 0 saturated carbocycles. The maximum atomic E-state index is 13.0. The second-order valence-electron chi connectivity index (χ2n) is 7.38. The van der Waals surface area contributed by atoms with Crippen molar-refractivity contribution in [1.29, 1.82) is 0 Å². The Bertz CT molecular complexity index is 1050. The molecule has 2 aromatic carbocycles. The number of carboxylic acid groups (broad SMARTS) is 1. The SMILES string of the molecule is CSCCC(NC(=O)c1ccc(C(O)Cc2cccnc2)cc1-c1ccccc1)C(=O)[O-].[Na+]. The van der Waals surface area contributed by atoms with Gasteiger partial charge in [0.05, 0.1) is 18.1 Å². The van der Waals surface area contributed by atoms with Crippen molar-refractivity contribution in [3.8, 4) is 11.1 Å². The summed E-state index contributed by atoms with van der Waals surface area (Å²) in [5.74, 6) is -1.21. The van der Waals surface area contributed by atoms with Gasteiger partial charge in [-0.05, 0) is 58.9 Å². The van der Waals surface area contributed by atoms with E-state index in [0.717, 1.165) is 11.1 Å². The first-order chi connectivity index (χ1) is 15.5. The van der Waals surface area contributed by atoms with Crippen LogP contribution in [0.25, 0.3) is 11.1 Å². The van der Waals surface area contributed by atoms with Crippen molar-refractivity contribution in [2.45, 2.75) is 25.0 Å². The van der Waals surface area contributed by atoms with Crippen LogP contribution in [0.15, 0.2) is 73.1 Å². The molecule has 0 saturated heterocycles. The summed E-state index contributed by atoms with van der Waals surface area (Å²) < 4.78 is 0. The summed E-state index contributed by atoms with van der Waals surface area (Å²) in [5.41, 5.74) is 3.30. The van der Waals surface area contributed by atoms with Crippen LogP contribution in [0.5, 0.6) is 0 Å². The maximum absolute atomic E-state index is 13.0. The van der Waals surface area contributed by atoms with Gasteiger partial charge in [0.25, 0.3) is 5.91 Å². The van der Waals surface area contributed by atoms with Gasteiger partial charge < -0.3 is 20.3 Å². The third-order valence-corrected chi connectivity index (χ3v) is 5.75. The Balaban J connectivity index is 0.00000385. The molecule has 1 amide bonds. The summed E-state index contributed by atoms with van der Waals surface area (Å²) in [5, 5.41) is 24.8. The number of carboxylic acids is 1. The van der Waals surface area contributed by atoms with E-state index in [-0.39, 0.29) is 36.0 Å². The molecule has 2 N–H and O–H groups in total. The van der Waals surface area contributed by atoms with Gasteiger partial charge in [0.15, 0.2) is 0 Å². The molecule has 33 heavy (non-hydrogen) atoms. The number of benzene rings is 2. The second-order valence-corrected chi connectivity index (χ2v) is 8.36. The Hall–Kier alpha value is -2.16. The molecule has 0 spiro atoms. The Kier molecular flexibility index (Phi) is 11.1. The quantitative estimate of drug-likeness (QED) is 0.391. The Morgan fingerprint density at radius 2 is 1.88 bits per heavy atom. The summed E-state index contributed by atoms with van der Waals surface area (Å²) in [4.78, 5) is 28.6. The minimum Gasteiger partial charge on any atom is -0.548 e. The van der Waals surface area contributed by atoms with E-state index in [0.29, 0.717) is 28.9 Å². The monoisotopic (exact) mass is 472 g/mol. The molecule has 3 rings (SSSR count). The second kappa shape index (κ2) is 13.5. The first kappa shape index (κ1) is 27.1. The smallest absolute Gasteiger partial charge is 0.548 e. The number of pyridine rings is 1. The summed E-state index contributed by atoms with van der Waals surface area (Å²) in [6.07, 6.45) is 5.13. The molecule has 0 aliphatic carbocycles. The van der Waals surface area contributed by atoms with Crippen molar-refractivity contribution in [2.24, 2.45) is 0 Å². The van der Waals surface area contributed by atoms with Crippen LogP contribution in [0.2, 0.25) is 0 Å². The van der Waals surface area contributed by atoms with Crippen molar-refractivity contribution < 1.29 is 49.4 Å². The number of aliphatic hydroxyl groups is 1. The minimum absolute atomic E-state index is 0. The number of nitrogens with one attached hydrogen (secondary N) is 1. The molecule has 0 fully saturated rings. The molecule has 1 heterocycles. The molecule has 3 aromatic rings. The van der Waals surface area contributed by atoms with Gasteiger partial charge in [0, 0.05) is 24.4 Å². The number of aliphatic carboxylic acids is 1. The van der Waals surface area contributed by atoms with Gasteiger partial charge in [-0.25, -0.2) is 0 Å². The molecule has 2 unspecified atom stereocenters. The average Bonchev–Trinajstić information content (AvgIpc) is 2.82. The van der Waals surface area contributed by atoms with Crippen LogP contribution in [0.4, 0.5) is 0 Å². The number of carbonyl (C=O) groups is 2. The van der Waals surface area contributed by atoms with Crippen LogP contribution < -0.4 is 40.0 Å². The molecule has 0 aliphatic rings. The Morgan fingerprint density at radius 1 is 1.12 bits per heavy atom. The number of amides is 1. The van der Waals surface area contributed by atoms with Crippen LogP contribution in [-0.2, 0) is 11.2 Å². The van der Waals surface area contributed by atoms with Crippen molar-refractivity contribution in [1.82, 2.24) is 10.3 Å². The summed E-state index contributed by atoms with van der Waals surface area (Å²) >= 11 is 1.50. The molecule has 6 nitrogen and oxygen atoms in total. The van der Waals surface area contributed by atoms with Crippen LogP contribution >= 0.6 is 11.8 Å².